The fourth-order valence-electron chi connectivity index (χ4n) is 3.92. The van der Waals surface area contributed by atoms with E-state index in [0.717, 1.165) is 19.6 Å². The summed E-state index contributed by atoms with van der Waals surface area (Å²) in [5, 5.41) is 0. The standard InChI is InChI=1S/C27H29N3O3S/c1-28(34(32,33)26-12-6-3-7-13-26)25-16-14-24(15-17-25)27(31)30-21-19-29(20-22-30)18-8-11-23-9-4-2-5-10-23/h2-17H,18-22H2,1H3/b11-8+. The highest BCUT2D eigenvalue weighted by molar-refractivity contribution is 7.92. The molecule has 6 nitrogen and oxygen atoms in total. The molecule has 0 aromatic heterocycles. The summed E-state index contributed by atoms with van der Waals surface area (Å²) in [6.07, 6.45) is 4.28. The second kappa shape index (κ2) is 10.7. The Hall–Kier alpha value is -3.42. The third-order valence-corrected chi connectivity index (χ3v) is 7.81. The van der Waals surface area contributed by atoms with Crippen molar-refractivity contribution in [2.45, 2.75) is 4.90 Å². The lowest BCUT2D eigenvalue weighted by Gasteiger charge is -2.34. The molecular weight excluding hydrogens is 446 g/mol. The molecule has 1 aliphatic heterocycles. The SMILES string of the molecule is CN(c1ccc(C(=O)N2CCN(C/C=C/c3ccccc3)CC2)cc1)S(=O)(=O)c1ccccc1. The number of nitrogens with zero attached hydrogens (tertiary/aromatic N) is 3. The van der Waals surface area contributed by atoms with Gasteiger partial charge < -0.3 is 4.90 Å². The van der Waals surface area contributed by atoms with E-state index >= 15 is 0 Å². The van der Waals surface area contributed by atoms with Gasteiger partial charge in [-0.05, 0) is 42.0 Å². The Morgan fingerprint density at radius 1 is 0.853 bits per heavy atom. The van der Waals surface area contributed by atoms with E-state index in [0.29, 0.717) is 24.3 Å². The van der Waals surface area contributed by atoms with E-state index in [4.69, 9.17) is 0 Å². The average molecular weight is 476 g/mol. The summed E-state index contributed by atoms with van der Waals surface area (Å²) in [5.41, 5.74) is 2.25. The smallest absolute Gasteiger partial charge is 0.264 e. The number of hydrogen-bond acceptors (Lipinski definition) is 4. The van der Waals surface area contributed by atoms with Gasteiger partial charge in [0.25, 0.3) is 15.9 Å². The first-order valence-electron chi connectivity index (χ1n) is 11.3. The van der Waals surface area contributed by atoms with Crippen molar-refractivity contribution in [1.82, 2.24) is 9.80 Å². The second-order valence-corrected chi connectivity index (χ2v) is 10.2. The van der Waals surface area contributed by atoms with E-state index < -0.39 is 10.0 Å². The molecule has 0 spiro atoms. The van der Waals surface area contributed by atoms with Crippen LogP contribution in [0.2, 0.25) is 0 Å². The van der Waals surface area contributed by atoms with Gasteiger partial charge in [0, 0.05) is 45.3 Å². The molecule has 0 radical (unpaired) electrons. The topological polar surface area (TPSA) is 60.9 Å². The maximum atomic E-state index is 13.0. The molecule has 1 heterocycles. The summed E-state index contributed by atoms with van der Waals surface area (Å²) >= 11 is 0. The first-order chi connectivity index (χ1) is 16.4. The molecule has 176 valence electrons. The van der Waals surface area contributed by atoms with Gasteiger partial charge in [-0.25, -0.2) is 8.42 Å². The zero-order chi connectivity index (χ0) is 24.0. The molecule has 0 N–H and O–H groups in total. The summed E-state index contributed by atoms with van der Waals surface area (Å²) < 4.78 is 26.9. The van der Waals surface area contributed by atoms with Crippen molar-refractivity contribution in [3.8, 4) is 0 Å². The Morgan fingerprint density at radius 3 is 2.06 bits per heavy atom. The van der Waals surface area contributed by atoms with Gasteiger partial charge in [0.2, 0.25) is 0 Å². The molecule has 1 saturated heterocycles. The van der Waals surface area contributed by atoms with Crippen LogP contribution < -0.4 is 4.31 Å². The lowest BCUT2D eigenvalue weighted by molar-refractivity contribution is 0.0650. The Bertz CT molecular complexity index is 1220. The minimum Gasteiger partial charge on any atom is -0.336 e. The van der Waals surface area contributed by atoms with E-state index in [-0.39, 0.29) is 10.8 Å². The van der Waals surface area contributed by atoms with Crippen molar-refractivity contribution < 1.29 is 13.2 Å². The monoisotopic (exact) mass is 475 g/mol. The van der Waals surface area contributed by atoms with Crippen molar-refractivity contribution in [3.05, 3.63) is 102 Å². The van der Waals surface area contributed by atoms with Crippen LogP contribution in [0.3, 0.4) is 0 Å². The summed E-state index contributed by atoms with van der Waals surface area (Å²) in [7, 11) is -2.13. The summed E-state index contributed by atoms with van der Waals surface area (Å²) in [5.74, 6) is -0.0282. The van der Waals surface area contributed by atoms with E-state index in [9.17, 15) is 13.2 Å². The number of amides is 1. The van der Waals surface area contributed by atoms with E-state index in [2.05, 4.69) is 29.2 Å². The number of sulfonamides is 1. The molecule has 0 atom stereocenters. The molecule has 0 bridgehead atoms. The van der Waals surface area contributed by atoms with Gasteiger partial charge in [0.1, 0.15) is 0 Å². The molecule has 34 heavy (non-hydrogen) atoms. The van der Waals surface area contributed by atoms with Crippen molar-refractivity contribution in [2.75, 3.05) is 44.1 Å². The quantitative estimate of drug-likeness (QED) is 0.519. The molecule has 0 saturated carbocycles. The Labute approximate surface area is 201 Å². The normalized spacial score (nSPS) is 14.9. The zero-order valence-corrected chi connectivity index (χ0v) is 20.1. The summed E-state index contributed by atoms with van der Waals surface area (Å²) in [6.45, 7) is 3.83. The lowest BCUT2D eigenvalue weighted by atomic mass is 10.1. The molecule has 0 unspecified atom stereocenters. The van der Waals surface area contributed by atoms with Crippen LogP contribution in [0.15, 0.2) is 95.9 Å². The molecule has 1 aliphatic rings. The van der Waals surface area contributed by atoms with Crippen molar-refractivity contribution in [3.63, 3.8) is 0 Å². The molecule has 0 aliphatic carbocycles. The fraction of sp³-hybridized carbons (Fsp3) is 0.222. The van der Waals surface area contributed by atoms with Crippen LogP contribution in [-0.2, 0) is 10.0 Å². The molecule has 7 heteroatoms. The predicted molar refractivity (Wildman–Crippen MR) is 136 cm³/mol. The minimum absolute atomic E-state index is 0.0282. The molecule has 1 amide bonds. The van der Waals surface area contributed by atoms with Gasteiger partial charge in [-0.1, -0.05) is 60.7 Å². The number of rotatable bonds is 7. The Balaban J connectivity index is 1.32. The third kappa shape index (κ3) is 5.55. The highest BCUT2D eigenvalue weighted by Gasteiger charge is 2.23. The van der Waals surface area contributed by atoms with Crippen molar-refractivity contribution in [1.29, 1.82) is 0 Å². The minimum atomic E-state index is -3.65. The first kappa shape index (κ1) is 23.7. The van der Waals surface area contributed by atoms with Crippen molar-refractivity contribution in [2.24, 2.45) is 0 Å². The molecule has 3 aromatic carbocycles. The van der Waals surface area contributed by atoms with Crippen LogP contribution >= 0.6 is 0 Å². The van der Waals surface area contributed by atoms with Crippen molar-refractivity contribution >= 4 is 27.7 Å². The molecule has 1 fully saturated rings. The molecule has 3 aromatic rings. The highest BCUT2D eigenvalue weighted by atomic mass is 32.2. The number of benzene rings is 3. The summed E-state index contributed by atoms with van der Waals surface area (Å²) in [4.78, 5) is 17.4. The molecular formula is C27H29N3O3S. The van der Waals surface area contributed by atoms with Crippen LogP contribution in [0.1, 0.15) is 15.9 Å². The van der Waals surface area contributed by atoms with E-state index in [1.165, 1.54) is 16.9 Å². The first-order valence-corrected chi connectivity index (χ1v) is 12.8. The third-order valence-electron chi connectivity index (χ3n) is 6.01. The van der Waals surface area contributed by atoms with Gasteiger partial charge in [-0.15, -0.1) is 0 Å². The number of carbonyl (C=O) groups is 1. The van der Waals surface area contributed by atoms with Crippen LogP contribution in [0.5, 0.6) is 0 Å². The maximum Gasteiger partial charge on any atom is 0.264 e. The zero-order valence-electron chi connectivity index (χ0n) is 19.2. The van der Waals surface area contributed by atoms with Crippen LogP contribution in [0.4, 0.5) is 5.69 Å². The number of piperazine rings is 1. The predicted octanol–water partition coefficient (Wildman–Crippen LogP) is 3.98. The van der Waals surface area contributed by atoms with Gasteiger partial charge in [0.15, 0.2) is 0 Å². The summed E-state index contributed by atoms with van der Waals surface area (Å²) in [6, 6.07) is 25.3. The number of hydrogen-bond donors (Lipinski definition) is 0. The highest BCUT2D eigenvalue weighted by Crippen LogP contribution is 2.23. The average Bonchev–Trinajstić information content (AvgIpc) is 2.89. The van der Waals surface area contributed by atoms with Crippen LogP contribution in [0, 0.1) is 0 Å². The Kier molecular flexibility index (Phi) is 7.45. The maximum absolute atomic E-state index is 13.0. The second-order valence-electron chi connectivity index (χ2n) is 8.24. The van der Waals surface area contributed by atoms with E-state index in [1.807, 2.05) is 23.1 Å². The fourth-order valence-corrected chi connectivity index (χ4v) is 5.14. The van der Waals surface area contributed by atoms with Gasteiger partial charge in [-0.2, -0.15) is 0 Å². The largest absolute Gasteiger partial charge is 0.336 e. The van der Waals surface area contributed by atoms with Crippen LogP contribution in [0.25, 0.3) is 6.08 Å². The Morgan fingerprint density at radius 2 is 1.44 bits per heavy atom. The number of carbonyl (C=O) groups excluding carboxylic acids is 1. The lowest BCUT2D eigenvalue weighted by Crippen LogP contribution is -2.48. The van der Waals surface area contributed by atoms with Crippen LogP contribution in [-0.4, -0.2) is 63.9 Å². The van der Waals surface area contributed by atoms with E-state index in [1.54, 1.807) is 54.6 Å². The number of anilines is 1. The molecule has 4 rings (SSSR count). The van der Waals surface area contributed by atoms with Gasteiger partial charge in [0.05, 0.1) is 10.6 Å². The van der Waals surface area contributed by atoms with Gasteiger partial charge >= 0.3 is 0 Å². The van der Waals surface area contributed by atoms with Gasteiger partial charge in [-0.3, -0.25) is 14.0 Å².